The second-order valence-electron chi connectivity index (χ2n) is 7.60. The Morgan fingerprint density at radius 2 is 2.00 bits per heavy atom. The second kappa shape index (κ2) is 8.00. The van der Waals surface area contributed by atoms with E-state index in [-0.39, 0.29) is 11.8 Å². The average molecular weight is 342 g/mol. The van der Waals surface area contributed by atoms with Crippen LogP contribution in [0.3, 0.4) is 0 Å². The number of carbonyl (C=O) groups excluding carboxylic acids is 1. The summed E-state index contributed by atoms with van der Waals surface area (Å²) in [4.78, 5) is 19.4. The van der Waals surface area contributed by atoms with E-state index in [9.17, 15) is 4.79 Å². The lowest BCUT2D eigenvalue weighted by Gasteiger charge is -2.31. The molecule has 1 aliphatic rings. The van der Waals surface area contributed by atoms with Gasteiger partial charge in [0.25, 0.3) is 0 Å². The molecule has 3 rings (SSSR count). The molecule has 1 aromatic carbocycles. The number of rotatable bonds is 6. The van der Waals surface area contributed by atoms with Crippen LogP contribution in [0.5, 0.6) is 0 Å². The highest BCUT2D eigenvalue weighted by Gasteiger charge is 2.25. The quantitative estimate of drug-likeness (QED) is 0.878. The molecule has 1 aliphatic heterocycles. The molecular weight excluding hydrogens is 312 g/mol. The molecule has 2 aromatic rings. The Morgan fingerprint density at radius 1 is 1.28 bits per heavy atom. The summed E-state index contributed by atoms with van der Waals surface area (Å²) in [5.74, 6) is 2.14. The zero-order valence-corrected chi connectivity index (χ0v) is 15.7. The fourth-order valence-corrected chi connectivity index (χ4v) is 3.52. The minimum Gasteiger partial charge on any atom is -0.356 e. The van der Waals surface area contributed by atoms with Crippen molar-refractivity contribution in [3.05, 3.63) is 30.1 Å². The van der Waals surface area contributed by atoms with Gasteiger partial charge in [-0.2, -0.15) is 0 Å². The van der Waals surface area contributed by atoms with Gasteiger partial charge in [-0.3, -0.25) is 9.69 Å². The number of para-hydroxylation sites is 2. The predicted octanol–water partition coefficient (Wildman–Crippen LogP) is 2.95. The van der Waals surface area contributed by atoms with Crippen molar-refractivity contribution in [2.45, 2.75) is 39.7 Å². The van der Waals surface area contributed by atoms with Crippen LogP contribution in [-0.4, -0.2) is 40.0 Å². The minimum atomic E-state index is 0.170. The van der Waals surface area contributed by atoms with E-state index in [1.54, 1.807) is 0 Å². The number of fused-ring (bicyclic) bond motifs is 1. The molecule has 136 valence electrons. The first-order valence-electron chi connectivity index (χ1n) is 9.45. The standard InChI is InChI=1S/C20H30N4O/c1-15(2)8-11-21-20(25)16-9-12-24(13-10-16)14-19-22-17-6-4-5-7-18(17)23(19)3/h4-7,15-16H,8-14H2,1-3H3,(H,21,25). The van der Waals surface area contributed by atoms with Crippen LogP contribution in [0.4, 0.5) is 0 Å². The van der Waals surface area contributed by atoms with Crippen molar-refractivity contribution in [1.82, 2.24) is 19.8 Å². The molecule has 0 aliphatic carbocycles. The van der Waals surface area contributed by atoms with Gasteiger partial charge in [0.05, 0.1) is 17.6 Å². The van der Waals surface area contributed by atoms with Gasteiger partial charge >= 0.3 is 0 Å². The molecule has 0 bridgehead atoms. The van der Waals surface area contributed by atoms with Gasteiger partial charge in [0.2, 0.25) is 5.91 Å². The molecule has 1 aromatic heterocycles. The van der Waals surface area contributed by atoms with E-state index in [2.05, 4.69) is 53.9 Å². The van der Waals surface area contributed by atoms with E-state index in [0.29, 0.717) is 5.92 Å². The molecule has 5 heteroatoms. The van der Waals surface area contributed by atoms with Crippen LogP contribution in [0.2, 0.25) is 0 Å². The van der Waals surface area contributed by atoms with Gasteiger partial charge in [0.1, 0.15) is 5.82 Å². The molecule has 1 fully saturated rings. The summed E-state index contributed by atoms with van der Waals surface area (Å²) in [6.45, 7) is 7.96. The maximum absolute atomic E-state index is 12.3. The summed E-state index contributed by atoms with van der Waals surface area (Å²) < 4.78 is 2.18. The number of aromatic nitrogens is 2. The van der Waals surface area contributed by atoms with E-state index in [4.69, 9.17) is 4.98 Å². The van der Waals surface area contributed by atoms with Crippen molar-refractivity contribution in [2.75, 3.05) is 19.6 Å². The summed E-state index contributed by atoms with van der Waals surface area (Å²) in [6.07, 6.45) is 2.94. The lowest BCUT2D eigenvalue weighted by Crippen LogP contribution is -2.40. The maximum Gasteiger partial charge on any atom is 0.223 e. The Balaban J connectivity index is 1.50. The van der Waals surface area contributed by atoms with E-state index < -0.39 is 0 Å². The predicted molar refractivity (Wildman–Crippen MR) is 101 cm³/mol. The Labute approximate surface area is 150 Å². The Kier molecular flexibility index (Phi) is 5.74. The fourth-order valence-electron chi connectivity index (χ4n) is 3.52. The van der Waals surface area contributed by atoms with Gasteiger partial charge in [-0.05, 0) is 50.4 Å². The topological polar surface area (TPSA) is 50.2 Å². The monoisotopic (exact) mass is 342 g/mol. The van der Waals surface area contributed by atoms with Crippen molar-refractivity contribution in [3.63, 3.8) is 0 Å². The number of hydrogen-bond donors (Lipinski definition) is 1. The molecule has 0 atom stereocenters. The number of benzene rings is 1. The number of likely N-dealkylation sites (tertiary alicyclic amines) is 1. The molecule has 1 N–H and O–H groups in total. The SMILES string of the molecule is CC(C)CCNC(=O)C1CCN(Cc2nc3ccccc3n2C)CC1. The number of amides is 1. The third kappa shape index (κ3) is 4.40. The van der Waals surface area contributed by atoms with Gasteiger partial charge in [-0.25, -0.2) is 4.98 Å². The molecule has 1 saturated heterocycles. The van der Waals surface area contributed by atoms with Gasteiger partial charge in [0.15, 0.2) is 0 Å². The normalized spacial score (nSPS) is 16.6. The highest BCUT2D eigenvalue weighted by atomic mass is 16.1. The number of hydrogen-bond acceptors (Lipinski definition) is 3. The molecule has 5 nitrogen and oxygen atoms in total. The zero-order valence-electron chi connectivity index (χ0n) is 15.7. The molecule has 0 spiro atoms. The molecule has 2 heterocycles. The molecule has 0 unspecified atom stereocenters. The van der Waals surface area contributed by atoms with Crippen LogP contribution in [0.1, 0.15) is 38.9 Å². The largest absolute Gasteiger partial charge is 0.356 e. The summed E-state index contributed by atoms with van der Waals surface area (Å²) in [6, 6.07) is 8.26. The van der Waals surface area contributed by atoms with Crippen LogP contribution in [0, 0.1) is 11.8 Å². The van der Waals surface area contributed by atoms with Crippen LogP contribution >= 0.6 is 0 Å². The second-order valence-corrected chi connectivity index (χ2v) is 7.60. The van der Waals surface area contributed by atoms with E-state index in [1.807, 2.05) is 6.07 Å². The Hall–Kier alpha value is -1.88. The summed E-state index contributed by atoms with van der Waals surface area (Å²) in [7, 11) is 2.08. The van der Waals surface area contributed by atoms with Crippen LogP contribution in [-0.2, 0) is 18.4 Å². The molecule has 1 amide bonds. The molecule has 0 radical (unpaired) electrons. The first-order valence-corrected chi connectivity index (χ1v) is 9.45. The number of nitrogens with zero attached hydrogens (tertiary/aromatic N) is 3. The maximum atomic E-state index is 12.3. The van der Waals surface area contributed by atoms with Gasteiger partial charge < -0.3 is 9.88 Å². The minimum absolute atomic E-state index is 0.170. The molecule has 0 saturated carbocycles. The lowest BCUT2D eigenvalue weighted by atomic mass is 9.95. The van der Waals surface area contributed by atoms with Crippen LogP contribution < -0.4 is 5.32 Å². The van der Waals surface area contributed by atoms with Crippen molar-refractivity contribution in [1.29, 1.82) is 0 Å². The molecular formula is C20H30N4O. The van der Waals surface area contributed by atoms with Gasteiger partial charge in [0, 0.05) is 19.5 Å². The first-order chi connectivity index (χ1) is 12.0. The number of imidazole rings is 1. The van der Waals surface area contributed by atoms with Crippen molar-refractivity contribution < 1.29 is 4.79 Å². The fraction of sp³-hybridized carbons (Fsp3) is 0.600. The average Bonchev–Trinajstić information content (AvgIpc) is 2.91. The number of nitrogens with one attached hydrogen (secondary N) is 1. The highest BCUT2D eigenvalue weighted by molar-refractivity contribution is 5.78. The van der Waals surface area contributed by atoms with Gasteiger partial charge in [-0.1, -0.05) is 26.0 Å². The number of piperidine rings is 1. The van der Waals surface area contributed by atoms with E-state index >= 15 is 0 Å². The van der Waals surface area contributed by atoms with E-state index in [0.717, 1.165) is 56.8 Å². The third-order valence-electron chi connectivity index (χ3n) is 5.22. The zero-order chi connectivity index (χ0) is 17.8. The Morgan fingerprint density at radius 3 is 2.68 bits per heavy atom. The number of carbonyl (C=O) groups is 1. The summed E-state index contributed by atoms with van der Waals surface area (Å²) in [5, 5.41) is 3.10. The Bertz CT molecular complexity index is 714. The van der Waals surface area contributed by atoms with Crippen molar-refractivity contribution in [2.24, 2.45) is 18.9 Å². The third-order valence-corrected chi connectivity index (χ3v) is 5.22. The first kappa shape index (κ1) is 17.9. The highest BCUT2D eigenvalue weighted by Crippen LogP contribution is 2.21. The smallest absolute Gasteiger partial charge is 0.223 e. The van der Waals surface area contributed by atoms with Crippen molar-refractivity contribution in [3.8, 4) is 0 Å². The van der Waals surface area contributed by atoms with Crippen molar-refractivity contribution >= 4 is 16.9 Å². The van der Waals surface area contributed by atoms with E-state index in [1.165, 1.54) is 5.52 Å². The van der Waals surface area contributed by atoms with Crippen LogP contribution in [0.15, 0.2) is 24.3 Å². The lowest BCUT2D eigenvalue weighted by molar-refractivity contribution is -0.126. The van der Waals surface area contributed by atoms with Crippen LogP contribution in [0.25, 0.3) is 11.0 Å². The molecule has 25 heavy (non-hydrogen) atoms. The van der Waals surface area contributed by atoms with Gasteiger partial charge in [-0.15, -0.1) is 0 Å². The summed E-state index contributed by atoms with van der Waals surface area (Å²) in [5.41, 5.74) is 2.23. The number of aryl methyl sites for hydroxylation is 1. The summed E-state index contributed by atoms with van der Waals surface area (Å²) >= 11 is 0.